The van der Waals surface area contributed by atoms with Crippen molar-refractivity contribution < 1.29 is 9.53 Å². The fourth-order valence-corrected chi connectivity index (χ4v) is 1.77. The van der Waals surface area contributed by atoms with Gasteiger partial charge in [-0.2, -0.15) is 0 Å². The molecule has 0 spiro atoms. The molecular weight excluding hydrogens is 268 g/mol. The van der Waals surface area contributed by atoms with Crippen molar-refractivity contribution in [3.05, 3.63) is 48.2 Å². The number of para-hydroxylation sites is 1. The lowest BCUT2D eigenvalue weighted by Gasteiger charge is -2.17. The van der Waals surface area contributed by atoms with Crippen LogP contribution in [0.5, 0.6) is 0 Å². The average Bonchev–Trinajstić information content (AvgIpc) is 2.55. The van der Waals surface area contributed by atoms with E-state index in [-0.39, 0.29) is 11.6 Å². The van der Waals surface area contributed by atoms with Crippen LogP contribution < -0.4 is 10.2 Å². The van der Waals surface area contributed by atoms with E-state index >= 15 is 0 Å². The first-order chi connectivity index (χ1) is 10.2. The highest BCUT2D eigenvalue weighted by molar-refractivity contribution is 5.92. The Hall–Kier alpha value is -2.47. The molecular formula is C15H18N4O2. The summed E-state index contributed by atoms with van der Waals surface area (Å²) >= 11 is 0. The maximum absolute atomic E-state index is 11.8. The number of methoxy groups -OCH3 is 1. The molecule has 0 unspecified atom stereocenters. The topological polar surface area (TPSA) is 67.3 Å². The molecule has 0 radical (unpaired) electrons. The van der Waals surface area contributed by atoms with Crippen molar-refractivity contribution in [3.8, 4) is 0 Å². The predicted octanol–water partition coefficient (Wildman–Crippen LogP) is 1.62. The van der Waals surface area contributed by atoms with E-state index in [0.717, 1.165) is 5.69 Å². The summed E-state index contributed by atoms with van der Waals surface area (Å²) in [5.74, 6) is 0.420. The number of anilines is 2. The molecule has 1 heterocycles. The van der Waals surface area contributed by atoms with Crippen molar-refractivity contribution >= 4 is 17.4 Å². The van der Waals surface area contributed by atoms with Crippen LogP contribution in [0.15, 0.2) is 42.5 Å². The van der Waals surface area contributed by atoms with E-state index in [4.69, 9.17) is 4.74 Å². The number of aromatic nitrogens is 2. The zero-order chi connectivity index (χ0) is 15.1. The van der Waals surface area contributed by atoms with Crippen LogP contribution in [-0.2, 0) is 4.74 Å². The number of rotatable bonds is 6. The molecule has 0 saturated heterocycles. The molecule has 1 N–H and O–H groups in total. The minimum absolute atomic E-state index is 0.256. The zero-order valence-corrected chi connectivity index (χ0v) is 12.1. The lowest BCUT2D eigenvalue weighted by Crippen LogP contribution is -2.28. The zero-order valence-electron chi connectivity index (χ0n) is 12.1. The lowest BCUT2D eigenvalue weighted by molar-refractivity contribution is 0.0931. The number of hydrogen-bond acceptors (Lipinski definition) is 5. The highest BCUT2D eigenvalue weighted by atomic mass is 16.5. The molecule has 2 aromatic rings. The number of carbonyl (C=O) groups is 1. The third-order valence-corrected chi connectivity index (χ3v) is 2.96. The smallest absolute Gasteiger partial charge is 0.271 e. The number of nitrogens with one attached hydrogen (secondary N) is 1. The third kappa shape index (κ3) is 4.00. The van der Waals surface area contributed by atoms with E-state index in [2.05, 4.69) is 15.5 Å². The Morgan fingerprint density at radius 1 is 1.19 bits per heavy atom. The first-order valence-corrected chi connectivity index (χ1v) is 6.62. The number of hydrogen-bond donors (Lipinski definition) is 1. The van der Waals surface area contributed by atoms with E-state index in [1.54, 1.807) is 19.2 Å². The molecule has 0 aliphatic heterocycles. The van der Waals surface area contributed by atoms with Gasteiger partial charge >= 0.3 is 0 Å². The van der Waals surface area contributed by atoms with Gasteiger partial charge in [0, 0.05) is 26.4 Å². The molecule has 1 aromatic heterocycles. The van der Waals surface area contributed by atoms with E-state index in [0.29, 0.717) is 19.0 Å². The fourth-order valence-electron chi connectivity index (χ4n) is 1.77. The van der Waals surface area contributed by atoms with Gasteiger partial charge < -0.3 is 15.0 Å². The van der Waals surface area contributed by atoms with E-state index in [1.165, 1.54) is 0 Å². The summed E-state index contributed by atoms with van der Waals surface area (Å²) in [5.41, 5.74) is 1.29. The highest BCUT2D eigenvalue weighted by Crippen LogP contribution is 2.19. The maximum Gasteiger partial charge on any atom is 0.271 e. The maximum atomic E-state index is 11.8. The van der Waals surface area contributed by atoms with Gasteiger partial charge in [0.15, 0.2) is 11.5 Å². The normalized spacial score (nSPS) is 10.2. The van der Waals surface area contributed by atoms with E-state index in [9.17, 15) is 4.79 Å². The van der Waals surface area contributed by atoms with Crippen molar-refractivity contribution in [2.24, 2.45) is 0 Å². The molecule has 1 aromatic carbocycles. The predicted molar refractivity (Wildman–Crippen MR) is 80.7 cm³/mol. The van der Waals surface area contributed by atoms with Gasteiger partial charge in [-0.25, -0.2) is 0 Å². The monoisotopic (exact) mass is 286 g/mol. The number of amides is 1. The number of nitrogens with zero attached hydrogens (tertiary/aromatic N) is 3. The van der Waals surface area contributed by atoms with Crippen molar-refractivity contribution in [2.45, 2.75) is 0 Å². The fraction of sp³-hybridized carbons (Fsp3) is 0.267. The van der Waals surface area contributed by atoms with E-state index < -0.39 is 0 Å². The molecule has 2 rings (SSSR count). The summed E-state index contributed by atoms with van der Waals surface area (Å²) in [6, 6.07) is 13.2. The third-order valence-electron chi connectivity index (χ3n) is 2.96. The SMILES string of the molecule is COCCNC(=O)c1ccc(N(C)c2ccccc2)nn1. The van der Waals surface area contributed by atoms with Crippen LogP contribution in [0.3, 0.4) is 0 Å². The average molecular weight is 286 g/mol. The largest absolute Gasteiger partial charge is 0.383 e. The summed E-state index contributed by atoms with van der Waals surface area (Å²) in [6.45, 7) is 0.913. The summed E-state index contributed by atoms with van der Waals surface area (Å²) in [4.78, 5) is 13.7. The van der Waals surface area contributed by atoms with Gasteiger partial charge in [0.05, 0.1) is 6.61 Å². The van der Waals surface area contributed by atoms with Gasteiger partial charge in [0.2, 0.25) is 0 Å². The molecule has 21 heavy (non-hydrogen) atoms. The molecule has 0 aliphatic rings. The van der Waals surface area contributed by atoms with Crippen LogP contribution >= 0.6 is 0 Å². The van der Waals surface area contributed by atoms with Gasteiger partial charge in [-0.3, -0.25) is 4.79 Å². The van der Waals surface area contributed by atoms with Crippen molar-refractivity contribution in [3.63, 3.8) is 0 Å². The van der Waals surface area contributed by atoms with Crippen molar-refractivity contribution in [1.82, 2.24) is 15.5 Å². The summed E-state index contributed by atoms with van der Waals surface area (Å²) in [7, 11) is 3.48. The Balaban J connectivity index is 2.03. The molecule has 0 aliphatic carbocycles. The Bertz CT molecular complexity index is 572. The van der Waals surface area contributed by atoms with Crippen LogP contribution in [0.2, 0.25) is 0 Å². The summed E-state index contributed by atoms with van der Waals surface area (Å²) < 4.78 is 4.87. The molecule has 1 amide bonds. The summed E-state index contributed by atoms with van der Waals surface area (Å²) in [6.07, 6.45) is 0. The number of benzene rings is 1. The second-order valence-corrected chi connectivity index (χ2v) is 4.42. The minimum atomic E-state index is -0.256. The van der Waals surface area contributed by atoms with Crippen LogP contribution in [-0.4, -0.2) is 43.4 Å². The quantitative estimate of drug-likeness (QED) is 0.817. The van der Waals surface area contributed by atoms with Crippen LogP contribution in [0, 0.1) is 0 Å². The minimum Gasteiger partial charge on any atom is -0.383 e. The molecule has 6 nitrogen and oxygen atoms in total. The number of carbonyl (C=O) groups excluding carboxylic acids is 1. The molecule has 0 saturated carbocycles. The second kappa shape index (κ2) is 7.35. The molecule has 0 bridgehead atoms. The highest BCUT2D eigenvalue weighted by Gasteiger charge is 2.10. The van der Waals surface area contributed by atoms with E-state index in [1.807, 2.05) is 42.3 Å². The lowest BCUT2D eigenvalue weighted by atomic mass is 10.3. The Morgan fingerprint density at radius 3 is 2.57 bits per heavy atom. The van der Waals surface area contributed by atoms with Gasteiger partial charge in [-0.1, -0.05) is 18.2 Å². The van der Waals surface area contributed by atoms with Gasteiger partial charge in [-0.05, 0) is 24.3 Å². The Labute approximate surface area is 123 Å². The second-order valence-electron chi connectivity index (χ2n) is 4.42. The molecule has 0 atom stereocenters. The van der Waals surface area contributed by atoms with Crippen molar-refractivity contribution in [2.75, 3.05) is 32.2 Å². The Kier molecular flexibility index (Phi) is 5.22. The van der Waals surface area contributed by atoms with Crippen molar-refractivity contribution in [1.29, 1.82) is 0 Å². The summed E-state index contributed by atoms with van der Waals surface area (Å²) in [5, 5.41) is 10.7. The van der Waals surface area contributed by atoms with Gasteiger partial charge in [0.25, 0.3) is 5.91 Å². The molecule has 0 fully saturated rings. The number of ether oxygens (including phenoxy) is 1. The van der Waals surface area contributed by atoms with Gasteiger partial charge in [-0.15, -0.1) is 10.2 Å². The molecule has 6 heteroatoms. The first-order valence-electron chi connectivity index (χ1n) is 6.62. The standard InChI is InChI=1S/C15H18N4O2/c1-19(12-6-4-3-5-7-12)14-9-8-13(17-18-14)15(20)16-10-11-21-2/h3-9H,10-11H2,1-2H3,(H,16,20). The Morgan fingerprint density at radius 2 is 1.95 bits per heavy atom. The first kappa shape index (κ1) is 14.9. The van der Waals surface area contributed by atoms with Gasteiger partial charge in [0.1, 0.15) is 0 Å². The van der Waals surface area contributed by atoms with Crippen LogP contribution in [0.25, 0.3) is 0 Å². The molecule has 110 valence electrons. The van der Waals surface area contributed by atoms with Crippen LogP contribution in [0.1, 0.15) is 10.5 Å². The van der Waals surface area contributed by atoms with Crippen LogP contribution in [0.4, 0.5) is 11.5 Å².